The second-order valence-electron chi connectivity index (χ2n) is 6.26. The molecule has 1 aromatic rings. The Balaban J connectivity index is 2.83. The van der Waals surface area contributed by atoms with Gasteiger partial charge in [-0.15, -0.1) is 0 Å². The maximum atomic E-state index is 12.2. The van der Waals surface area contributed by atoms with E-state index in [1.807, 2.05) is 6.07 Å². The van der Waals surface area contributed by atoms with Crippen LogP contribution < -0.4 is 5.32 Å². The van der Waals surface area contributed by atoms with E-state index >= 15 is 0 Å². The lowest BCUT2D eigenvalue weighted by atomic mass is 9.90. The summed E-state index contributed by atoms with van der Waals surface area (Å²) in [7, 11) is 0. The number of nitrogens with zero attached hydrogens (tertiary/aromatic N) is 2. The SMILES string of the molecule is Cc1cc(C(=O)O[C@@H](C)C(=O)N[C@@](C)(C#N)C(C)C)ccc1[N+](=O)[O-]. The standard InChI is InChI=1S/C17H21N3O5/c1-10(2)17(5,9-18)19-15(21)12(4)25-16(22)13-6-7-14(20(23)24)11(3)8-13/h6-8,10,12H,1-5H3,(H,19,21)/t12-,17-/m0/s1. The number of rotatable bonds is 6. The molecule has 0 saturated heterocycles. The Morgan fingerprint density at radius 1 is 1.36 bits per heavy atom. The third-order valence-electron chi connectivity index (χ3n) is 4.05. The second kappa shape index (κ2) is 7.75. The number of nitriles is 1. The van der Waals surface area contributed by atoms with Crippen LogP contribution in [0.4, 0.5) is 5.69 Å². The Morgan fingerprint density at radius 2 is 1.96 bits per heavy atom. The summed E-state index contributed by atoms with van der Waals surface area (Å²) in [6.45, 7) is 8.07. The smallest absolute Gasteiger partial charge is 0.338 e. The van der Waals surface area contributed by atoms with Crippen molar-refractivity contribution in [3.8, 4) is 6.07 Å². The van der Waals surface area contributed by atoms with Gasteiger partial charge in [-0.3, -0.25) is 14.9 Å². The van der Waals surface area contributed by atoms with Gasteiger partial charge in [0.25, 0.3) is 11.6 Å². The first kappa shape index (κ1) is 20.1. The molecule has 0 spiro atoms. The van der Waals surface area contributed by atoms with E-state index in [2.05, 4.69) is 5.32 Å². The molecule has 0 aliphatic carbocycles. The van der Waals surface area contributed by atoms with Gasteiger partial charge in [-0.05, 0) is 38.8 Å². The fraction of sp³-hybridized carbons (Fsp3) is 0.471. The molecule has 8 nitrogen and oxygen atoms in total. The molecule has 2 atom stereocenters. The highest BCUT2D eigenvalue weighted by molar-refractivity contribution is 5.92. The first-order valence-electron chi connectivity index (χ1n) is 7.71. The van der Waals surface area contributed by atoms with Crippen molar-refractivity contribution in [3.63, 3.8) is 0 Å². The van der Waals surface area contributed by atoms with Crippen molar-refractivity contribution < 1.29 is 19.2 Å². The van der Waals surface area contributed by atoms with E-state index in [1.165, 1.54) is 32.0 Å². The van der Waals surface area contributed by atoms with E-state index < -0.39 is 28.4 Å². The molecular weight excluding hydrogens is 326 g/mol. The van der Waals surface area contributed by atoms with Gasteiger partial charge in [0.1, 0.15) is 5.54 Å². The van der Waals surface area contributed by atoms with E-state index in [1.54, 1.807) is 20.8 Å². The minimum absolute atomic E-state index is 0.106. The van der Waals surface area contributed by atoms with Gasteiger partial charge >= 0.3 is 5.97 Å². The lowest BCUT2D eigenvalue weighted by Crippen LogP contribution is -2.52. The van der Waals surface area contributed by atoms with E-state index in [-0.39, 0.29) is 17.2 Å². The van der Waals surface area contributed by atoms with Crippen molar-refractivity contribution in [2.75, 3.05) is 0 Å². The van der Waals surface area contributed by atoms with Crippen LogP contribution in [-0.4, -0.2) is 28.4 Å². The van der Waals surface area contributed by atoms with Crippen LogP contribution in [-0.2, 0) is 9.53 Å². The van der Waals surface area contributed by atoms with Gasteiger partial charge in [-0.2, -0.15) is 5.26 Å². The van der Waals surface area contributed by atoms with Crippen LogP contribution in [0.25, 0.3) is 0 Å². The van der Waals surface area contributed by atoms with Gasteiger partial charge < -0.3 is 10.1 Å². The summed E-state index contributed by atoms with van der Waals surface area (Å²) in [6, 6.07) is 5.85. The fourth-order valence-electron chi connectivity index (χ4n) is 1.93. The number of nitrogens with one attached hydrogen (secondary N) is 1. The molecule has 0 aromatic heterocycles. The zero-order valence-corrected chi connectivity index (χ0v) is 14.8. The summed E-state index contributed by atoms with van der Waals surface area (Å²) in [5.41, 5.74) is -0.769. The number of hydrogen-bond acceptors (Lipinski definition) is 6. The van der Waals surface area contributed by atoms with E-state index in [4.69, 9.17) is 4.74 Å². The quantitative estimate of drug-likeness (QED) is 0.479. The van der Waals surface area contributed by atoms with Crippen LogP contribution in [0.2, 0.25) is 0 Å². The Morgan fingerprint density at radius 3 is 2.40 bits per heavy atom. The summed E-state index contributed by atoms with van der Waals surface area (Å²) in [5, 5.41) is 22.6. The molecule has 0 unspecified atom stereocenters. The average molecular weight is 347 g/mol. The molecule has 0 saturated carbocycles. The highest BCUT2D eigenvalue weighted by Gasteiger charge is 2.32. The Bertz CT molecular complexity index is 738. The number of amides is 1. The predicted molar refractivity (Wildman–Crippen MR) is 89.7 cm³/mol. The van der Waals surface area contributed by atoms with Crippen LogP contribution in [0.3, 0.4) is 0 Å². The largest absolute Gasteiger partial charge is 0.449 e. The van der Waals surface area contributed by atoms with Gasteiger partial charge in [0.15, 0.2) is 6.10 Å². The lowest BCUT2D eigenvalue weighted by molar-refractivity contribution is -0.385. The number of carbonyl (C=O) groups excluding carboxylic acids is 2. The summed E-state index contributed by atoms with van der Waals surface area (Å²) >= 11 is 0. The van der Waals surface area contributed by atoms with Crippen LogP contribution in [0, 0.1) is 34.3 Å². The molecule has 0 aliphatic rings. The molecule has 8 heteroatoms. The van der Waals surface area contributed by atoms with Crippen molar-refractivity contribution in [2.24, 2.45) is 5.92 Å². The van der Waals surface area contributed by atoms with Gasteiger partial charge in [0.05, 0.1) is 16.6 Å². The number of ether oxygens (including phenoxy) is 1. The van der Waals surface area contributed by atoms with Crippen LogP contribution in [0.1, 0.15) is 43.6 Å². The van der Waals surface area contributed by atoms with Crippen molar-refractivity contribution in [2.45, 2.75) is 46.3 Å². The number of carbonyl (C=O) groups is 2. The molecule has 1 aromatic carbocycles. The molecule has 134 valence electrons. The number of hydrogen-bond donors (Lipinski definition) is 1. The van der Waals surface area contributed by atoms with Crippen molar-refractivity contribution in [1.82, 2.24) is 5.32 Å². The summed E-state index contributed by atoms with van der Waals surface area (Å²) in [6.07, 6.45) is -1.12. The van der Waals surface area contributed by atoms with E-state index in [9.17, 15) is 25.0 Å². The minimum Gasteiger partial charge on any atom is -0.449 e. The molecule has 0 bridgehead atoms. The van der Waals surface area contributed by atoms with Gasteiger partial charge in [0.2, 0.25) is 0 Å². The molecule has 1 N–H and O–H groups in total. The van der Waals surface area contributed by atoms with Crippen molar-refractivity contribution >= 4 is 17.6 Å². The van der Waals surface area contributed by atoms with Gasteiger partial charge in [0, 0.05) is 11.6 Å². The Kier molecular flexibility index (Phi) is 6.23. The second-order valence-corrected chi connectivity index (χ2v) is 6.26. The van der Waals surface area contributed by atoms with Crippen molar-refractivity contribution in [3.05, 3.63) is 39.4 Å². The lowest BCUT2D eigenvalue weighted by Gasteiger charge is -2.28. The first-order chi connectivity index (χ1) is 11.5. The van der Waals surface area contributed by atoms with E-state index in [0.717, 1.165) is 0 Å². The summed E-state index contributed by atoms with van der Waals surface area (Å²) in [5.74, 6) is -1.50. The summed E-state index contributed by atoms with van der Waals surface area (Å²) < 4.78 is 5.09. The van der Waals surface area contributed by atoms with Crippen molar-refractivity contribution in [1.29, 1.82) is 5.26 Å². The zero-order chi connectivity index (χ0) is 19.4. The molecule has 1 amide bonds. The van der Waals surface area contributed by atoms with Gasteiger partial charge in [-0.25, -0.2) is 4.79 Å². The maximum absolute atomic E-state index is 12.2. The number of esters is 1. The molecule has 0 aliphatic heterocycles. The predicted octanol–water partition coefficient (Wildman–Crippen LogP) is 2.50. The zero-order valence-electron chi connectivity index (χ0n) is 14.8. The normalized spacial score (nSPS) is 14.1. The first-order valence-corrected chi connectivity index (χ1v) is 7.71. The Labute approximate surface area is 145 Å². The minimum atomic E-state index is -1.12. The summed E-state index contributed by atoms with van der Waals surface area (Å²) in [4.78, 5) is 34.5. The molecule has 25 heavy (non-hydrogen) atoms. The monoisotopic (exact) mass is 347 g/mol. The number of nitro benzene ring substituents is 1. The Hall–Kier alpha value is -2.95. The molecule has 0 heterocycles. The van der Waals surface area contributed by atoms with Crippen LogP contribution >= 0.6 is 0 Å². The topological polar surface area (TPSA) is 122 Å². The van der Waals surface area contributed by atoms with Crippen LogP contribution in [0.15, 0.2) is 18.2 Å². The van der Waals surface area contributed by atoms with Gasteiger partial charge in [-0.1, -0.05) is 13.8 Å². The van der Waals surface area contributed by atoms with Crippen LogP contribution in [0.5, 0.6) is 0 Å². The third kappa shape index (κ3) is 4.76. The number of aryl methyl sites for hydroxylation is 1. The molecule has 0 fully saturated rings. The highest BCUT2D eigenvalue weighted by atomic mass is 16.6. The molecular formula is C17H21N3O5. The maximum Gasteiger partial charge on any atom is 0.338 e. The molecule has 0 radical (unpaired) electrons. The number of benzene rings is 1. The third-order valence-corrected chi connectivity index (χ3v) is 4.05. The number of nitro groups is 1. The highest BCUT2D eigenvalue weighted by Crippen LogP contribution is 2.20. The average Bonchev–Trinajstić information content (AvgIpc) is 2.53. The fourth-order valence-corrected chi connectivity index (χ4v) is 1.93. The molecule has 1 rings (SSSR count). The van der Waals surface area contributed by atoms with E-state index in [0.29, 0.717) is 5.56 Å².